The zero-order valence-corrected chi connectivity index (χ0v) is 32.4. The van der Waals surface area contributed by atoms with Crippen molar-refractivity contribution in [1.82, 2.24) is 10.2 Å². The SMILES string of the molecule is C[C@@H]1C=C[C@H]([C@@H](O)CC(=O)CCc2ccc3c(c2)O[C@H]2[C@@H](C#C[C@@H](O)c4ccc5c6c4[C@H](C=C[C@H]6CN[C@H]5N)C4=C5CN2C=C5N=C4)C2(C#CO3)CCCC2)CC1. The Hall–Kier alpha value is -4.90. The van der Waals surface area contributed by atoms with Gasteiger partial charge in [0.05, 0.1) is 29.3 Å². The van der Waals surface area contributed by atoms with E-state index in [1.165, 1.54) is 5.56 Å². The molecule has 0 aromatic heterocycles. The van der Waals surface area contributed by atoms with E-state index in [1.54, 1.807) is 0 Å². The fourth-order valence-corrected chi connectivity index (χ4v) is 10.6. The molecule has 10 rings (SSSR count). The number of carbonyl (C=O) groups excluding carboxylic acids is 1. The van der Waals surface area contributed by atoms with Crippen LogP contribution >= 0.6 is 0 Å². The molecule has 0 saturated heterocycles. The average molecular weight is 763 g/mol. The Morgan fingerprint density at radius 3 is 2.77 bits per heavy atom. The highest BCUT2D eigenvalue weighted by molar-refractivity contribution is 5.90. The van der Waals surface area contributed by atoms with E-state index in [4.69, 9.17) is 20.2 Å². The lowest BCUT2D eigenvalue weighted by Gasteiger charge is -2.40. The molecule has 5 N–H and O–H groups in total. The number of nitrogens with zero attached hydrogens (tertiary/aromatic N) is 2. The molecule has 5 heterocycles. The molecule has 0 amide bonds. The highest BCUT2D eigenvalue weighted by Crippen LogP contribution is 2.51. The Morgan fingerprint density at radius 2 is 1.93 bits per heavy atom. The topological polar surface area (TPSA) is 130 Å². The second kappa shape index (κ2) is 14.5. The first-order chi connectivity index (χ1) is 27.7. The molecule has 1 spiro atoms. The Morgan fingerprint density at radius 1 is 1.07 bits per heavy atom. The van der Waals surface area contributed by atoms with E-state index in [-0.39, 0.29) is 36.1 Å². The van der Waals surface area contributed by atoms with Crippen molar-refractivity contribution in [2.24, 2.45) is 33.9 Å². The molecule has 5 aliphatic heterocycles. The lowest BCUT2D eigenvalue weighted by atomic mass is 9.71. The van der Waals surface area contributed by atoms with Gasteiger partial charge in [-0.2, -0.15) is 0 Å². The van der Waals surface area contributed by atoms with Crippen molar-refractivity contribution < 1.29 is 24.5 Å². The van der Waals surface area contributed by atoms with Crippen LogP contribution in [0.2, 0.25) is 0 Å². The fraction of sp³-hybridized carbons (Fsp3) is 0.458. The van der Waals surface area contributed by atoms with Gasteiger partial charge in [-0.1, -0.05) is 80.0 Å². The van der Waals surface area contributed by atoms with Crippen LogP contribution in [-0.2, 0) is 11.2 Å². The fourth-order valence-electron chi connectivity index (χ4n) is 10.6. The highest BCUT2D eigenvalue weighted by Gasteiger charge is 2.49. The van der Waals surface area contributed by atoms with Gasteiger partial charge in [-0.25, -0.2) is 0 Å². The molecule has 9 heteroatoms. The first-order valence-electron chi connectivity index (χ1n) is 20.9. The maximum absolute atomic E-state index is 13.1. The molecule has 2 aromatic rings. The van der Waals surface area contributed by atoms with Crippen LogP contribution in [0, 0.1) is 47.0 Å². The molecule has 0 radical (unpaired) electrons. The number of carbonyl (C=O) groups is 1. The third-order valence-electron chi connectivity index (χ3n) is 13.8. The number of fused-ring (bicyclic) bond motifs is 6. The summed E-state index contributed by atoms with van der Waals surface area (Å²) >= 11 is 0. The first kappa shape index (κ1) is 36.4. The molecule has 8 aliphatic rings. The molecule has 0 unspecified atom stereocenters. The zero-order valence-electron chi connectivity index (χ0n) is 32.4. The minimum Gasteiger partial charge on any atom is -0.465 e. The molecule has 292 valence electrons. The van der Waals surface area contributed by atoms with Gasteiger partial charge in [0.15, 0.2) is 17.7 Å². The third-order valence-corrected chi connectivity index (χ3v) is 13.8. The van der Waals surface area contributed by atoms with Gasteiger partial charge in [-0.3, -0.25) is 15.1 Å². The number of aryl methyl sites for hydroxylation is 1. The highest BCUT2D eigenvalue weighted by atomic mass is 16.5. The van der Waals surface area contributed by atoms with Crippen LogP contribution < -0.4 is 20.5 Å². The minimum absolute atomic E-state index is 0.0315. The molecule has 1 fully saturated rings. The summed E-state index contributed by atoms with van der Waals surface area (Å²) in [6.45, 7) is 3.50. The summed E-state index contributed by atoms with van der Waals surface area (Å²) in [7, 11) is 0. The minimum atomic E-state index is -1.04. The number of benzene rings is 2. The lowest BCUT2D eigenvalue weighted by Crippen LogP contribution is -2.47. The summed E-state index contributed by atoms with van der Waals surface area (Å²) in [6.07, 6.45) is 20.0. The Kier molecular flexibility index (Phi) is 9.26. The largest absolute Gasteiger partial charge is 0.465 e. The van der Waals surface area contributed by atoms with Crippen LogP contribution in [0.3, 0.4) is 0 Å². The number of nitrogens with one attached hydrogen (secondary N) is 1. The average Bonchev–Trinajstić information content (AvgIpc) is 3.96. The second-order valence-electron chi connectivity index (χ2n) is 17.4. The van der Waals surface area contributed by atoms with Crippen molar-refractivity contribution in [1.29, 1.82) is 0 Å². The number of ether oxygens (including phenoxy) is 2. The van der Waals surface area contributed by atoms with Crippen LogP contribution in [0.25, 0.3) is 0 Å². The van der Waals surface area contributed by atoms with E-state index in [0.29, 0.717) is 36.8 Å². The predicted molar refractivity (Wildman–Crippen MR) is 218 cm³/mol. The summed E-state index contributed by atoms with van der Waals surface area (Å²) in [5.41, 5.74) is 14.3. The molecule has 9 atom stereocenters. The van der Waals surface area contributed by atoms with Crippen molar-refractivity contribution in [2.45, 2.75) is 101 Å². The summed E-state index contributed by atoms with van der Waals surface area (Å²) in [5, 5.41) is 26.4. The van der Waals surface area contributed by atoms with Gasteiger partial charge in [0.2, 0.25) is 0 Å². The number of aliphatic hydroxyl groups excluding tert-OH is 2. The van der Waals surface area contributed by atoms with Crippen LogP contribution in [0.5, 0.6) is 11.5 Å². The van der Waals surface area contributed by atoms with E-state index in [2.05, 4.69) is 77.6 Å². The molecule has 3 aliphatic carbocycles. The summed E-state index contributed by atoms with van der Waals surface area (Å²) < 4.78 is 13.3. The van der Waals surface area contributed by atoms with Gasteiger partial charge < -0.3 is 30.3 Å². The standard InChI is InChI=1S/C48H50N4O5/c1-28-4-8-30(9-5-28)41(55)23-32(53)11-6-29-7-17-42-43(22-29)57-47-38(48(20-21-56-42)18-2-3-19-48)15-16-40(54)34-13-14-35-44-31(24-51-46(35)49)10-12-33(45(34)44)36-25-50-39-27-52(47)26-37(36)39/h4,7-8,10,12-14,17,22,25,27-28,30-31,33,38,40-41,46-47,51,54-55H,2-3,5-6,9,11,18-19,23-24,26,49H2,1H3/t28-,30+,31+,33-,38-,40-,41+,46-,47+/m1/s1. The number of hydrogen-bond acceptors (Lipinski definition) is 9. The molecular formula is C48H50N4O5. The van der Waals surface area contributed by atoms with Gasteiger partial charge >= 0.3 is 0 Å². The van der Waals surface area contributed by atoms with Gasteiger partial charge in [0, 0.05) is 61.7 Å². The third kappa shape index (κ3) is 6.46. The summed E-state index contributed by atoms with van der Waals surface area (Å²) in [6, 6.07) is 9.87. The Bertz CT molecular complexity index is 2290. The maximum Gasteiger partial charge on any atom is 0.187 e. The van der Waals surface area contributed by atoms with Gasteiger partial charge in [-0.15, -0.1) is 0 Å². The van der Waals surface area contributed by atoms with Crippen LogP contribution in [0.4, 0.5) is 0 Å². The van der Waals surface area contributed by atoms with E-state index in [9.17, 15) is 15.0 Å². The molecule has 1 saturated carbocycles. The monoisotopic (exact) mass is 762 g/mol. The van der Waals surface area contributed by atoms with Crippen molar-refractivity contribution in [3.8, 4) is 35.4 Å². The lowest BCUT2D eigenvalue weighted by molar-refractivity contribution is -0.121. The molecular weight excluding hydrogens is 713 g/mol. The normalized spacial score (nSPS) is 31.3. The van der Waals surface area contributed by atoms with E-state index >= 15 is 0 Å². The molecule has 2 aromatic carbocycles. The molecule has 2 bridgehead atoms. The molecule has 9 nitrogen and oxygen atoms in total. The predicted octanol–water partition coefficient (Wildman–Crippen LogP) is 6.36. The maximum atomic E-state index is 13.1. The number of ketones is 1. The van der Waals surface area contributed by atoms with E-state index in [0.717, 1.165) is 84.2 Å². The van der Waals surface area contributed by atoms with Gasteiger partial charge in [0.1, 0.15) is 18.0 Å². The summed E-state index contributed by atoms with van der Waals surface area (Å²) in [4.78, 5) is 20.3. The first-order valence-corrected chi connectivity index (χ1v) is 20.9. The quantitative estimate of drug-likeness (QED) is 0.198. The Balaban J connectivity index is 1.01. The van der Waals surface area contributed by atoms with Gasteiger partial charge in [-0.05, 0) is 83.5 Å². The zero-order chi connectivity index (χ0) is 38.8. The van der Waals surface area contributed by atoms with Crippen molar-refractivity contribution in [3.05, 3.63) is 105 Å². The second-order valence-corrected chi connectivity index (χ2v) is 17.4. The number of allylic oxidation sites excluding steroid dienone is 3. The number of aliphatic imine (C=N–C) groups is 1. The smallest absolute Gasteiger partial charge is 0.187 e. The van der Waals surface area contributed by atoms with E-state index in [1.807, 2.05) is 30.5 Å². The number of nitrogens with two attached hydrogens (primary N) is 1. The van der Waals surface area contributed by atoms with E-state index < -0.39 is 29.8 Å². The van der Waals surface area contributed by atoms with Crippen molar-refractivity contribution >= 4 is 12.0 Å². The number of Topliss-reactive ketones (excluding diaryl/α,β-unsaturated/α-hetero) is 1. The van der Waals surface area contributed by atoms with Gasteiger partial charge in [0.25, 0.3) is 0 Å². The van der Waals surface area contributed by atoms with Crippen LogP contribution in [0.15, 0.2) is 82.7 Å². The van der Waals surface area contributed by atoms with Crippen LogP contribution in [0.1, 0.15) is 110 Å². The van der Waals surface area contributed by atoms with Crippen molar-refractivity contribution in [3.63, 3.8) is 0 Å². The number of aliphatic hydroxyl groups is 2. The summed E-state index contributed by atoms with van der Waals surface area (Å²) in [5.74, 6) is 11.8. The molecule has 57 heavy (non-hydrogen) atoms. The number of rotatable bonds is 6. The Labute approximate surface area is 334 Å². The van der Waals surface area contributed by atoms with Crippen molar-refractivity contribution in [2.75, 3.05) is 13.1 Å². The number of hydrogen-bond donors (Lipinski definition) is 4. The van der Waals surface area contributed by atoms with Crippen LogP contribution in [-0.4, -0.2) is 52.5 Å².